The Balaban J connectivity index is 2.33. The van der Waals surface area contributed by atoms with E-state index in [1.54, 1.807) is 0 Å². The molecule has 0 aliphatic carbocycles. The van der Waals surface area contributed by atoms with E-state index in [0.29, 0.717) is 6.42 Å². The van der Waals surface area contributed by atoms with Crippen LogP contribution in [0, 0.1) is 0 Å². The SMILES string of the molecule is CC1CC(=O)NC(NCC=O)N1. The molecule has 0 aromatic heterocycles. The molecule has 1 saturated heterocycles. The van der Waals surface area contributed by atoms with Gasteiger partial charge >= 0.3 is 0 Å². The van der Waals surface area contributed by atoms with E-state index in [4.69, 9.17) is 0 Å². The van der Waals surface area contributed by atoms with Crippen molar-refractivity contribution in [1.29, 1.82) is 0 Å². The van der Waals surface area contributed by atoms with Gasteiger partial charge in [0, 0.05) is 12.5 Å². The molecular formula is C7H13N3O2. The van der Waals surface area contributed by atoms with Gasteiger partial charge in [-0.25, -0.2) is 0 Å². The molecule has 2 unspecified atom stereocenters. The summed E-state index contributed by atoms with van der Waals surface area (Å²) in [5.74, 6) is 0.00430. The monoisotopic (exact) mass is 171 g/mol. The van der Waals surface area contributed by atoms with Crippen molar-refractivity contribution in [2.24, 2.45) is 0 Å². The van der Waals surface area contributed by atoms with Crippen LogP contribution in [0.5, 0.6) is 0 Å². The lowest BCUT2D eigenvalue weighted by Crippen LogP contribution is -2.62. The highest BCUT2D eigenvalue weighted by Crippen LogP contribution is 1.96. The van der Waals surface area contributed by atoms with Gasteiger partial charge in [-0.15, -0.1) is 0 Å². The van der Waals surface area contributed by atoms with Crippen molar-refractivity contribution in [3.05, 3.63) is 0 Å². The van der Waals surface area contributed by atoms with Gasteiger partial charge in [0.25, 0.3) is 0 Å². The zero-order valence-corrected chi connectivity index (χ0v) is 6.96. The number of carbonyl (C=O) groups is 2. The van der Waals surface area contributed by atoms with Gasteiger partial charge < -0.3 is 10.1 Å². The third-order valence-electron chi connectivity index (χ3n) is 1.65. The van der Waals surface area contributed by atoms with E-state index in [1.807, 2.05) is 6.92 Å². The highest BCUT2D eigenvalue weighted by atomic mass is 16.2. The maximum atomic E-state index is 11.0. The molecule has 5 nitrogen and oxygen atoms in total. The number of nitrogens with one attached hydrogen (secondary N) is 3. The summed E-state index contributed by atoms with van der Waals surface area (Å²) < 4.78 is 0. The first-order chi connectivity index (χ1) is 5.72. The Bertz CT molecular complexity index is 183. The van der Waals surface area contributed by atoms with Crippen molar-refractivity contribution in [3.63, 3.8) is 0 Å². The second-order valence-electron chi connectivity index (χ2n) is 2.85. The van der Waals surface area contributed by atoms with Gasteiger partial charge in [-0.3, -0.25) is 15.4 Å². The summed E-state index contributed by atoms with van der Waals surface area (Å²) in [5, 5.41) is 8.56. The second-order valence-corrected chi connectivity index (χ2v) is 2.85. The molecule has 0 radical (unpaired) electrons. The summed E-state index contributed by atoms with van der Waals surface area (Å²) in [6.07, 6.45) is 0.971. The molecule has 1 aliphatic rings. The molecule has 12 heavy (non-hydrogen) atoms. The smallest absolute Gasteiger partial charge is 0.223 e. The quantitative estimate of drug-likeness (QED) is 0.455. The van der Waals surface area contributed by atoms with E-state index in [0.717, 1.165) is 6.29 Å². The minimum Gasteiger partial charge on any atom is -0.328 e. The summed E-state index contributed by atoms with van der Waals surface area (Å²) in [7, 11) is 0. The molecule has 1 aliphatic heterocycles. The van der Waals surface area contributed by atoms with E-state index in [2.05, 4.69) is 16.0 Å². The van der Waals surface area contributed by atoms with Crippen LogP contribution < -0.4 is 16.0 Å². The number of rotatable bonds is 3. The van der Waals surface area contributed by atoms with Crippen molar-refractivity contribution in [2.75, 3.05) is 6.54 Å². The summed E-state index contributed by atoms with van der Waals surface area (Å²) in [6.45, 7) is 2.17. The standard InChI is InChI=1S/C7H13N3O2/c1-5-4-6(12)10-7(9-5)8-2-3-11/h3,5,7-9H,2,4H2,1H3,(H,10,12). The first-order valence-corrected chi connectivity index (χ1v) is 3.95. The lowest BCUT2D eigenvalue weighted by Gasteiger charge is -2.29. The van der Waals surface area contributed by atoms with Crippen LogP contribution in [-0.2, 0) is 9.59 Å². The minimum absolute atomic E-state index is 0.00430. The van der Waals surface area contributed by atoms with Crippen LogP contribution in [0.2, 0.25) is 0 Å². The van der Waals surface area contributed by atoms with E-state index in [9.17, 15) is 9.59 Å². The van der Waals surface area contributed by atoms with E-state index < -0.39 is 0 Å². The fourth-order valence-corrected chi connectivity index (χ4v) is 1.16. The van der Waals surface area contributed by atoms with Gasteiger partial charge in [-0.2, -0.15) is 0 Å². The average molecular weight is 171 g/mol. The maximum Gasteiger partial charge on any atom is 0.223 e. The molecule has 2 atom stereocenters. The van der Waals surface area contributed by atoms with Crippen LogP contribution in [0.1, 0.15) is 13.3 Å². The molecule has 1 amide bonds. The molecule has 1 fully saturated rings. The molecule has 68 valence electrons. The fraction of sp³-hybridized carbons (Fsp3) is 0.714. The van der Waals surface area contributed by atoms with Crippen molar-refractivity contribution >= 4 is 12.2 Å². The van der Waals surface area contributed by atoms with Gasteiger partial charge in [0.2, 0.25) is 5.91 Å². The zero-order chi connectivity index (χ0) is 8.97. The number of amides is 1. The third-order valence-corrected chi connectivity index (χ3v) is 1.65. The first-order valence-electron chi connectivity index (χ1n) is 3.95. The normalized spacial score (nSPS) is 29.6. The van der Waals surface area contributed by atoms with Crippen LogP contribution in [0.4, 0.5) is 0 Å². The van der Waals surface area contributed by atoms with Crippen LogP contribution in [0.15, 0.2) is 0 Å². The lowest BCUT2D eigenvalue weighted by atomic mass is 10.2. The van der Waals surface area contributed by atoms with Crippen molar-refractivity contribution < 1.29 is 9.59 Å². The number of hydrogen-bond acceptors (Lipinski definition) is 4. The van der Waals surface area contributed by atoms with E-state index in [-0.39, 0.29) is 24.8 Å². The fourth-order valence-electron chi connectivity index (χ4n) is 1.16. The Morgan fingerprint density at radius 2 is 2.50 bits per heavy atom. The molecule has 0 bridgehead atoms. The highest BCUT2D eigenvalue weighted by molar-refractivity contribution is 5.77. The molecule has 0 aromatic carbocycles. The topological polar surface area (TPSA) is 70.2 Å². The zero-order valence-electron chi connectivity index (χ0n) is 6.96. The predicted octanol–water partition coefficient (Wildman–Crippen LogP) is -1.44. The third kappa shape index (κ3) is 2.60. The largest absolute Gasteiger partial charge is 0.328 e. The number of aldehydes is 1. The summed E-state index contributed by atoms with van der Waals surface area (Å²) in [4.78, 5) is 21.0. The van der Waals surface area contributed by atoms with Gasteiger partial charge in [-0.1, -0.05) is 0 Å². The Morgan fingerprint density at radius 1 is 1.75 bits per heavy atom. The number of hydrogen-bond donors (Lipinski definition) is 3. The first kappa shape index (κ1) is 9.15. The Labute approximate surface area is 70.9 Å². The Kier molecular flexibility index (Phi) is 3.19. The summed E-state index contributed by atoms with van der Waals surface area (Å²) in [6, 6.07) is 0.155. The molecule has 5 heteroatoms. The second kappa shape index (κ2) is 4.18. The van der Waals surface area contributed by atoms with Crippen molar-refractivity contribution in [3.8, 4) is 0 Å². The lowest BCUT2D eigenvalue weighted by molar-refractivity contribution is -0.125. The van der Waals surface area contributed by atoms with E-state index >= 15 is 0 Å². The molecule has 0 spiro atoms. The molecule has 3 N–H and O–H groups in total. The van der Waals surface area contributed by atoms with Crippen LogP contribution in [-0.4, -0.2) is 31.1 Å². The predicted molar refractivity (Wildman–Crippen MR) is 43.2 cm³/mol. The van der Waals surface area contributed by atoms with Gasteiger partial charge in [0.05, 0.1) is 6.54 Å². The van der Waals surface area contributed by atoms with Crippen LogP contribution >= 0.6 is 0 Å². The summed E-state index contributed by atoms with van der Waals surface area (Å²) >= 11 is 0. The Morgan fingerprint density at radius 3 is 3.08 bits per heavy atom. The summed E-state index contributed by atoms with van der Waals surface area (Å²) in [5.41, 5.74) is 0. The average Bonchev–Trinajstić information content (AvgIpc) is 1.99. The van der Waals surface area contributed by atoms with Crippen LogP contribution in [0.25, 0.3) is 0 Å². The van der Waals surface area contributed by atoms with E-state index in [1.165, 1.54) is 0 Å². The highest BCUT2D eigenvalue weighted by Gasteiger charge is 2.21. The van der Waals surface area contributed by atoms with Crippen LogP contribution in [0.3, 0.4) is 0 Å². The van der Waals surface area contributed by atoms with Crippen molar-refractivity contribution in [1.82, 2.24) is 16.0 Å². The molecular weight excluding hydrogens is 158 g/mol. The molecule has 1 rings (SSSR count). The van der Waals surface area contributed by atoms with Gasteiger partial charge in [-0.05, 0) is 6.92 Å². The van der Waals surface area contributed by atoms with Crippen molar-refractivity contribution in [2.45, 2.75) is 25.7 Å². The molecule has 0 aromatic rings. The maximum absolute atomic E-state index is 11.0. The van der Waals surface area contributed by atoms with Gasteiger partial charge in [0.15, 0.2) is 0 Å². The number of carbonyl (C=O) groups excluding carboxylic acids is 2. The molecule has 0 saturated carbocycles. The Hall–Kier alpha value is -0.940. The minimum atomic E-state index is -0.272. The van der Waals surface area contributed by atoms with Gasteiger partial charge in [0.1, 0.15) is 12.6 Å². The molecule has 1 heterocycles.